The van der Waals surface area contributed by atoms with Gasteiger partial charge in [0.05, 0.1) is 5.00 Å². The summed E-state index contributed by atoms with van der Waals surface area (Å²) in [4.78, 5) is 13.8. The molecule has 0 fully saturated rings. The molecule has 1 N–H and O–H groups in total. The number of nitrogens with one attached hydrogen (secondary N) is 1. The molecule has 5 rings (SSSR count). The second-order valence-corrected chi connectivity index (χ2v) is 9.49. The van der Waals surface area contributed by atoms with E-state index in [1.165, 1.54) is 34.6 Å². The first-order valence-corrected chi connectivity index (χ1v) is 11.3. The number of halogens is 1. The summed E-state index contributed by atoms with van der Waals surface area (Å²) in [6.45, 7) is 2.70. The van der Waals surface area contributed by atoms with Crippen molar-refractivity contribution in [3.05, 3.63) is 81.5 Å². The van der Waals surface area contributed by atoms with Gasteiger partial charge in [-0.3, -0.25) is 4.79 Å². The van der Waals surface area contributed by atoms with E-state index >= 15 is 0 Å². The first kappa shape index (κ1) is 19.3. The number of hydrogen-bond acceptors (Lipinski definition) is 3. The molecule has 5 heteroatoms. The molecule has 0 radical (unpaired) electrons. The first-order chi connectivity index (χ1) is 14.6. The Balaban J connectivity index is 1.37. The Labute approximate surface area is 179 Å². The summed E-state index contributed by atoms with van der Waals surface area (Å²) < 4.78 is 18.9. The number of carbonyl (C=O) groups is 1. The SMILES string of the molecule is C[C@@H]1CCc2c(sc3c2[C@H](c2ccc(OCc4ccc(F)cc4)cc2)CC(=O)N3)C1. The lowest BCUT2D eigenvalue weighted by atomic mass is 9.80. The van der Waals surface area contributed by atoms with Crippen LogP contribution < -0.4 is 10.1 Å². The van der Waals surface area contributed by atoms with Gasteiger partial charge in [0.1, 0.15) is 18.2 Å². The summed E-state index contributed by atoms with van der Waals surface area (Å²) in [5, 5.41) is 4.16. The maximum absolute atomic E-state index is 13.0. The monoisotopic (exact) mass is 421 g/mol. The van der Waals surface area contributed by atoms with E-state index in [4.69, 9.17) is 4.74 Å². The quantitative estimate of drug-likeness (QED) is 0.556. The Morgan fingerprint density at radius 3 is 2.63 bits per heavy atom. The molecule has 0 saturated carbocycles. The van der Waals surface area contributed by atoms with Crippen molar-refractivity contribution in [2.45, 2.75) is 45.1 Å². The number of anilines is 1. The molecule has 154 valence electrons. The molecular formula is C25H24FNO2S. The Morgan fingerprint density at radius 1 is 1.10 bits per heavy atom. The maximum atomic E-state index is 13.0. The fraction of sp³-hybridized carbons (Fsp3) is 0.320. The number of amides is 1. The van der Waals surface area contributed by atoms with Crippen molar-refractivity contribution in [1.82, 2.24) is 0 Å². The largest absolute Gasteiger partial charge is 0.489 e. The van der Waals surface area contributed by atoms with Gasteiger partial charge in [-0.25, -0.2) is 4.39 Å². The topological polar surface area (TPSA) is 38.3 Å². The smallest absolute Gasteiger partial charge is 0.225 e. The molecule has 2 aromatic carbocycles. The van der Waals surface area contributed by atoms with Gasteiger partial charge in [-0.05, 0) is 71.7 Å². The van der Waals surface area contributed by atoms with Crippen LogP contribution in [0, 0.1) is 11.7 Å². The Bertz CT molecular complexity index is 1070. The minimum absolute atomic E-state index is 0.0933. The maximum Gasteiger partial charge on any atom is 0.225 e. The molecule has 0 bridgehead atoms. The zero-order chi connectivity index (χ0) is 20.7. The summed E-state index contributed by atoms with van der Waals surface area (Å²) in [6.07, 6.45) is 3.92. The molecule has 2 aliphatic rings. The van der Waals surface area contributed by atoms with Crippen LogP contribution in [0.2, 0.25) is 0 Å². The van der Waals surface area contributed by atoms with E-state index in [1.54, 1.807) is 23.5 Å². The van der Waals surface area contributed by atoms with Crippen molar-refractivity contribution < 1.29 is 13.9 Å². The molecule has 30 heavy (non-hydrogen) atoms. The average molecular weight is 422 g/mol. The van der Waals surface area contributed by atoms with Crippen LogP contribution in [-0.2, 0) is 24.2 Å². The minimum atomic E-state index is -0.246. The summed E-state index contributed by atoms with van der Waals surface area (Å²) in [7, 11) is 0. The molecule has 0 unspecified atom stereocenters. The predicted octanol–water partition coefficient (Wildman–Crippen LogP) is 6.07. The van der Waals surface area contributed by atoms with Gasteiger partial charge in [0.25, 0.3) is 0 Å². The molecule has 0 spiro atoms. The number of carbonyl (C=O) groups excluding carboxylic acids is 1. The third-order valence-electron chi connectivity index (χ3n) is 6.14. The van der Waals surface area contributed by atoms with E-state index in [9.17, 15) is 9.18 Å². The fourth-order valence-electron chi connectivity index (χ4n) is 4.53. The van der Waals surface area contributed by atoms with Crippen LogP contribution in [0.1, 0.15) is 52.8 Å². The normalized spacial score (nSPS) is 20.3. The van der Waals surface area contributed by atoms with Crippen molar-refractivity contribution in [3.63, 3.8) is 0 Å². The highest BCUT2D eigenvalue weighted by Crippen LogP contribution is 2.48. The van der Waals surface area contributed by atoms with Gasteiger partial charge in [-0.2, -0.15) is 0 Å². The van der Waals surface area contributed by atoms with Crippen molar-refractivity contribution in [2.75, 3.05) is 5.32 Å². The molecular weight excluding hydrogens is 397 g/mol. The molecule has 1 aliphatic carbocycles. The van der Waals surface area contributed by atoms with Gasteiger partial charge < -0.3 is 10.1 Å². The van der Waals surface area contributed by atoms with Crippen molar-refractivity contribution >= 4 is 22.2 Å². The zero-order valence-electron chi connectivity index (χ0n) is 16.9. The van der Waals surface area contributed by atoms with Crippen LogP contribution >= 0.6 is 11.3 Å². The molecule has 2 atom stereocenters. The molecule has 2 heterocycles. The zero-order valence-corrected chi connectivity index (χ0v) is 17.7. The number of hydrogen-bond donors (Lipinski definition) is 1. The Kier molecular flexibility index (Phi) is 5.07. The molecule has 1 aliphatic heterocycles. The lowest BCUT2D eigenvalue weighted by Crippen LogP contribution is -2.23. The Morgan fingerprint density at radius 2 is 1.87 bits per heavy atom. The van der Waals surface area contributed by atoms with E-state index in [0.29, 0.717) is 18.9 Å². The average Bonchev–Trinajstić information content (AvgIpc) is 3.10. The highest BCUT2D eigenvalue weighted by molar-refractivity contribution is 7.16. The van der Waals surface area contributed by atoms with Gasteiger partial charge in [0, 0.05) is 17.2 Å². The summed E-state index contributed by atoms with van der Waals surface area (Å²) in [5.41, 5.74) is 4.88. The van der Waals surface area contributed by atoms with Crippen molar-refractivity contribution in [2.24, 2.45) is 5.92 Å². The Hall–Kier alpha value is -2.66. The molecule has 0 saturated heterocycles. The van der Waals surface area contributed by atoms with Gasteiger partial charge in [-0.15, -0.1) is 11.3 Å². The number of thiophene rings is 1. The summed E-state index contributed by atoms with van der Waals surface area (Å²) >= 11 is 1.77. The van der Waals surface area contributed by atoms with Gasteiger partial charge >= 0.3 is 0 Å². The molecule has 1 aromatic heterocycles. The summed E-state index contributed by atoms with van der Waals surface area (Å²) in [6, 6.07) is 14.4. The van der Waals surface area contributed by atoms with Crippen LogP contribution in [-0.4, -0.2) is 5.91 Å². The highest BCUT2D eigenvalue weighted by Gasteiger charge is 2.34. The fourth-order valence-corrected chi connectivity index (χ4v) is 6.02. The van der Waals surface area contributed by atoms with E-state index in [2.05, 4.69) is 24.4 Å². The highest BCUT2D eigenvalue weighted by atomic mass is 32.1. The van der Waals surface area contributed by atoms with E-state index < -0.39 is 0 Å². The number of rotatable bonds is 4. The lowest BCUT2D eigenvalue weighted by Gasteiger charge is -2.26. The van der Waals surface area contributed by atoms with Crippen LogP contribution in [0.4, 0.5) is 9.39 Å². The number of fused-ring (bicyclic) bond motifs is 3. The molecule has 3 nitrogen and oxygen atoms in total. The van der Waals surface area contributed by atoms with Crippen molar-refractivity contribution in [1.29, 1.82) is 0 Å². The van der Waals surface area contributed by atoms with Crippen molar-refractivity contribution in [3.8, 4) is 5.75 Å². The van der Waals surface area contributed by atoms with E-state index in [-0.39, 0.29) is 17.6 Å². The first-order valence-electron chi connectivity index (χ1n) is 10.5. The predicted molar refractivity (Wildman–Crippen MR) is 118 cm³/mol. The second kappa shape index (κ2) is 7.88. The number of benzene rings is 2. The van der Waals surface area contributed by atoms with E-state index in [0.717, 1.165) is 34.7 Å². The second-order valence-electron chi connectivity index (χ2n) is 8.38. The minimum Gasteiger partial charge on any atom is -0.489 e. The standard InChI is InChI=1S/C25H24FNO2S/c1-15-2-11-20-22(12-15)30-25-24(20)21(13-23(28)27-25)17-5-9-19(10-6-17)29-14-16-3-7-18(26)8-4-16/h3-10,15,21H,2,11-14H2,1H3,(H,27,28)/t15-,21+/m1/s1. The lowest BCUT2D eigenvalue weighted by molar-refractivity contribution is -0.116. The van der Waals surface area contributed by atoms with E-state index in [1.807, 2.05) is 12.1 Å². The third kappa shape index (κ3) is 3.74. The van der Waals surface area contributed by atoms with Gasteiger partial charge in [0.15, 0.2) is 0 Å². The molecule has 1 amide bonds. The van der Waals surface area contributed by atoms with Gasteiger partial charge in [0.2, 0.25) is 5.91 Å². The van der Waals surface area contributed by atoms with Crippen LogP contribution in [0.3, 0.4) is 0 Å². The van der Waals surface area contributed by atoms with Crippen LogP contribution in [0.15, 0.2) is 48.5 Å². The number of ether oxygens (including phenoxy) is 1. The van der Waals surface area contributed by atoms with Crippen LogP contribution in [0.25, 0.3) is 0 Å². The third-order valence-corrected chi connectivity index (χ3v) is 7.33. The summed E-state index contributed by atoms with van der Waals surface area (Å²) in [5.74, 6) is 1.43. The molecule has 3 aromatic rings. The van der Waals surface area contributed by atoms with Gasteiger partial charge in [-0.1, -0.05) is 31.2 Å². The van der Waals surface area contributed by atoms with Crippen LogP contribution in [0.5, 0.6) is 5.75 Å².